The zero-order chi connectivity index (χ0) is 20.4. The SMILES string of the molecule is Cc1c(CC(=O)NC(C)c2ccc(C#N)cn2)c(=O)[nH]c2ccc(F)c(F)c12. The quantitative estimate of drug-likeness (QED) is 0.725. The Balaban J connectivity index is 1.85. The number of benzene rings is 1. The molecule has 3 rings (SSSR count). The van der Waals surface area contributed by atoms with Crippen LogP contribution in [0.3, 0.4) is 0 Å². The average Bonchev–Trinajstić information content (AvgIpc) is 2.68. The summed E-state index contributed by atoms with van der Waals surface area (Å²) >= 11 is 0. The summed E-state index contributed by atoms with van der Waals surface area (Å²) in [4.78, 5) is 31.3. The van der Waals surface area contributed by atoms with Crippen molar-refractivity contribution in [3.05, 3.63) is 74.8 Å². The van der Waals surface area contributed by atoms with Crippen LogP contribution >= 0.6 is 0 Å². The Bertz CT molecular complexity index is 1160. The molecule has 1 unspecified atom stereocenters. The van der Waals surface area contributed by atoms with Gasteiger partial charge in [0.05, 0.1) is 29.2 Å². The molecule has 6 nitrogen and oxygen atoms in total. The number of carbonyl (C=O) groups excluding carboxylic acids is 1. The van der Waals surface area contributed by atoms with Crippen molar-refractivity contribution < 1.29 is 13.6 Å². The van der Waals surface area contributed by atoms with Crippen LogP contribution in [0.15, 0.2) is 35.3 Å². The highest BCUT2D eigenvalue weighted by atomic mass is 19.2. The number of nitriles is 1. The van der Waals surface area contributed by atoms with Crippen molar-refractivity contribution in [2.24, 2.45) is 0 Å². The van der Waals surface area contributed by atoms with Crippen molar-refractivity contribution in [2.45, 2.75) is 26.3 Å². The Labute approximate surface area is 158 Å². The van der Waals surface area contributed by atoms with Gasteiger partial charge in [-0.2, -0.15) is 5.26 Å². The molecule has 0 aliphatic heterocycles. The van der Waals surface area contributed by atoms with Gasteiger partial charge in [-0.05, 0) is 43.7 Å². The van der Waals surface area contributed by atoms with Gasteiger partial charge in [-0.25, -0.2) is 8.78 Å². The Kier molecular flexibility index (Phi) is 5.18. The minimum Gasteiger partial charge on any atom is -0.348 e. The lowest BCUT2D eigenvalue weighted by atomic mass is 10.0. The summed E-state index contributed by atoms with van der Waals surface area (Å²) in [7, 11) is 0. The molecule has 0 spiro atoms. The number of H-pyrrole nitrogens is 1. The lowest BCUT2D eigenvalue weighted by Gasteiger charge is -2.14. The van der Waals surface area contributed by atoms with Gasteiger partial charge >= 0.3 is 0 Å². The van der Waals surface area contributed by atoms with Gasteiger partial charge in [0.15, 0.2) is 11.6 Å². The van der Waals surface area contributed by atoms with E-state index in [1.807, 2.05) is 6.07 Å². The fourth-order valence-electron chi connectivity index (χ4n) is 3.01. The van der Waals surface area contributed by atoms with Crippen molar-refractivity contribution in [1.29, 1.82) is 5.26 Å². The monoisotopic (exact) mass is 382 g/mol. The summed E-state index contributed by atoms with van der Waals surface area (Å²) in [6.45, 7) is 3.19. The third kappa shape index (κ3) is 3.60. The van der Waals surface area contributed by atoms with E-state index in [0.29, 0.717) is 11.3 Å². The first-order valence-corrected chi connectivity index (χ1v) is 8.46. The van der Waals surface area contributed by atoms with Crippen LogP contribution in [0, 0.1) is 29.9 Å². The topological polar surface area (TPSA) is 98.6 Å². The Hall–Kier alpha value is -3.60. The van der Waals surface area contributed by atoms with Gasteiger partial charge in [-0.1, -0.05) is 0 Å². The molecule has 0 radical (unpaired) electrons. The summed E-state index contributed by atoms with van der Waals surface area (Å²) < 4.78 is 27.7. The number of hydrogen-bond acceptors (Lipinski definition) is 4. The van der Waals surface area contributed by atoms with E-state index in [1.54, 1.807) is 19.1 Å². The van der Waals surface area contributed by atoms with E-state index < -0.39 is 29.1 Å². The maximum Gasteiger partial charge on any atom is 0.252 e. The highest BCUT2D eigenvalue weighted by molar-refractivity contribution is 5.86. The van der Waals surface area contributed by atoms with Crippen molar-refractivity contribution in [1.82, 2.24) is 15.3 Å². The number of pyridine rings is 2. The second kappa shape index (κ2) is 7.56. The van der Waals surface area contributed by atoms with Crippen molar-refractivity contribution in [2.75, 3.05) is 0 Å². The molecule has 28 heavy (non-hydrogen) atoms. The first kappa shape index (κ1) is 19.2. The van der Waals surface area contributed by atoms with E-state index in [4.69, 9.17) is 5.26 Å². The van der Waals surface area contributed by atoms with Crippen LogP contribution < -0.4 is 10.9 Å². The number of nitrogens with one attached hydrogen (secondary N) is 2. The summed E-state index contributed by atoms with van der Waals surface area (Å²) in [5.41, 5.74) is 0.861. The number of rotatable bonds is 4. The Morgan fingerprint density at radius 2 is 2.07 bits per heavy atom. The third-order valence-electron chi connectivity index (χ3n) is 4.52. The number of aromatic nitrogens is 2. The van der Waals surface area contributed by atoms with E-state index in [1.165, 1.54) is 19.2 Å². The molecular weight excluding hydrogens is 366 g/mol. The minimum absolute atomic E-state index is 0.0517. The maximum atomic E-state index is 14.2. The zero-order valence-electron chi connectivity index (χ0n) is 15.1. The molecule has 0 aliphatic rings. The lowest BCUT2D eigenvalue weighted by Crippen LogP contribution is -2.31. The predicted octanol–water partition coefficient (Wildman–Crippen LogP) is 2.80. The van der Waals surface area contributed by atoms with Crippen LogP contribution in [0.4, 0.5) is 8.78 Å². The molecule has 8 heteroatoms. The minimum atomic E-state index is -1.07. The largest absolute Gasteiger partial charge is 0.348 e. The van der Waals surface area contributed by atoms with Crippen LogP contribution in [-0.2, 0) is 11.2 Å². The lowest BCUT2D eigenvalue weighted by molar-refractivity contribution is -0.121. The van der Waals surface area contributed by atoms with Crippen LogP contribution in [0.1, 0.15) is 35.3 Å². The molecule has 2 N–H and O–H groups in total. The molecule has 2 aromatic heterocycles. The predicted molar refractivity (Wildman–Crippen MR) is 98.4 cm³/mol. The number of halogens is 2. The molecule has 0 fully saturated rings. The maximum absolute atomic E-state index is 14.2. The molecule has 1 atom stereocenters. The molecule has 0 bridgehead atoms. The molecule has 1 aromatic carbocycles. The van der Waals surface area contributed by atoms with Crippen molar-refractivity contribution in [3.63, 3.8) is 0 Å². The van der Waals surface area contributed by atoms with Gasteiger partial charge in [0.1, 0.15) is 6.07 Å². The number of fused-ring (bicyclic) bond motifs is 1. The van der Waals surface area contributed by atoms with E-state index in [-0.39, 0.29) is 28.5 Å². The Morgan fingerprint density at radius 3 is 2.71 bits per heavy atom. The van der Waals surface area contributed by atoms with Gasteiger partial charge in [0.2, 0.25) is 5.91 Å². The normalized spacial score (nSPS) is 11.8. The second-order valence-electron chi connectivity index (χ2n) is 6.39. The molecule has 1 amide bonds. The van der Waals surface area contributed by atoms with Crippen LogP contribution in [0.2, 0.25) is 0 Å². The van der Waals surface area contributed by atoms with Gasteiger partial charge in [-0.3, -0.25) is 14.6 Å². The smallest absolute Gasteiger partial charge is 0.252 e. The molecule has 0 aliphatic carbocycles. The van der Waals surface area contributed by atoms with Crippen molar-refractivity contribution in [3.8, 4) is 6.07 Å². The molecule has 0 saturated carbocycles. The first-order valence-electron chi connectivity index (χ1n) is 8.46. The number of nitrogens with zero attached hydrogens (tertiary/aromatic N) is 2. The summed E-state index contributed by atoms with van der Waals surface area (Å²) in [6.07, 6.45) is 1.10. The molecular formula is C20H16F2N4O2. The highest BCUT2D eigenvalue weighted by Crippen LogP contribution is 2.23. The van der Waals surface area contributed by atoms with Crippen LogP contribution in [-0.4, -0.2) is 15.9 Å². The van der Waals surface area contributed by atoms with E-state index in [2.05, 4.69) is 15.3 Å². The molecule has 2 heterocycles. The molecule has 142 valence electrons. The Morgan fingerprint density at radius 1 is 1.32 bits per heavy atom. The van der Waals surface area contributed by atoms with Gasteiger partial charge in [-0.15, -0.1) is 0 Å². The fourth-order valence-corrected chi connectivity index (χ4v) is 3.01. The number of hydrogen-bond donors (Lipinski definition) is 2. The van der Waals surface area contributed by atoms with Gasteiger partial charge < -0.3 is 10.3 Å². The highest BCUT2D eigenvalue weighted by Gasteiger charge is 2.19. The summed E-state index contributed by atoms with van der Waals surface area (Å²) in [6, 6.07) is 6.92. The van der Waals surface area contributed by atoms with E-state index in [0.717, 1.165) is 6.07 Å². The second-order valence-corrected chi connectivity index (χ2v) is 6.39. The third-order valence-corrected chi connectivity index (χ3v) is 4.52. The van der Waals surface area contributed by atoms with E-state index in [9.17, 15) is 18.4 Å². The van der Waals surface area contributed by atoms with Crippen LogP contribution in [0.25, 0.3) is 10.9 Å². The summed E-state index contributed by atoms with van der Waals surface area (Å²) in [5, 5.41) is 11.5. The summed E-state index contributed by atoms with van der Waals surface area (Å²) in [5.74, 6) is -2.56. The van der Waals surface area contributed by atoms with Crippen molar-refractivity contribution >= 4 is 16.8 Å². The fraction of sp³-hybridized carbons (Fsp3) is 0.200. The number of carbonyl (C=O) groups is 1. The number of amides is 1. The van der Waals surface area contributed by atoms with Crippen LogP contribution in [0.5, 0.6) is 0 Å². The zero-order valence-corrected chi connectivity index (χ0v) is 15.1. The number of aromatic amines is 1. The molecule has 3 aromatic rings. The standard InChI is InChI=1S/C20H16F2N4O2/c1-10-13(20(28)26-16-6-4-14(21)19(22)18(10)16)7-17(27)25-11(2)15-5-3-12(8-23)9-24-15/h3-6,9,11H,7H2,1-2H3,(H,25,27)(H,26,28). The molecule has 0 saturated heterocycles. The number of aryl methyl sites for hydroxylation is 1. The van der Waals surface area contributed by atoms with Gasteiger partial charge in [0, 0.05) is 17.1 Å². The van der Waals surface area contributed by atoms with Gasteiger partial charge in [0.25, 0.3) is 5.56 Å². The first-order chi connectivity index (χ1) is 13.3. The average molecular weight is 382 g/mol. The van der Waals surface area contributed by atoms with E-state index >= 15 is 0 Å².